The van der Waals surface area contributed by atoms with E-state index in [1.165, 1.54) is 0 Å². The quantitative estimate of drug-likeness (QED) is 0.319. The van der Waals surface area contributed by atoms with Crippen molar-refractivity contribution in [3.8, 4) is 0 Å². The van der Waals surface area contributed by atoms with Gasteiger partial charge in [0, 0.05) is 0 Å². The molecule has 1 saturated heterocycles. The molecule has 0 aromatic heterocycles. The maximum absolute atomic E-state index is 13.5. The van der Waals surface area contributed by atoms with Gasteiger partial charge in [0.05, 0.1) is 0 Å². The summed E-state index contributed by atoms with van der Waals surface area (Å²) in [7, 11) is -20.2. The summed E-state index contributed by atoms with van der Waals surface area (Å²) < 4.78 is 194. The Hall–Kier alpha value is 1.50. The minimum atomic E-state index is -6.74. The van der Waals surface area contributed by atoms with Crippen LogP contribution in [0.2, 0.25) is 29.6 Å². The second kappa shape index (κ2) is 8.50. The van der Waals surface area contributed by atoms with Crippen molar-refractivity contribution in [3.63, 3.8) is 0 Å². The molecule has 1 rings (SSSR count). The molecule has 0 atom stereocenters. The predicted molar refractivity (Wildman–Crippen MR) is 103 cm³/mol. The summed E-state index contributed by atoms with van der Waals surface area (Å²) in [5.74, 6) is 0. The van der Waals surface area contributed by atoms with Crippen molar-refractivity contribution < 1.29 is 64.8 Å². The predicted octanol–water partition coefficient (Wildman–Crippen LogP) is 2.56. The second-order valence-corrected chi connectivity index (χ2v) is 63.2. The van der Waals surface area contributed by atoms with E-state index in [-0.39, 0.29) is 0 Å². The van der Waals surface area contributed by atoms with Gasteiger partial charge in [-0.2, -0.15) is 0 Å². The zero-order chi connectivity index (χ0) is 27.2. The Morgan fingerprint density at radius 2 is 0.545 bits per heavy atom. The average Bonchev–Trinajstić information content (AvgIpc) is 2.37. The molecule has 24 heteroatoms. The van der Waals surface area contributed by atoms with E-state index < -0.39 is 106 Å². The molecule has 198 valence electrons. The molecule has 9 nitrogen and oxygen atoms in total. The van der Waals surface area contributed by atoms with Gasteiger partial charge in [-0.25, -0.2) is 0 Å². The average molecular weight is 888 g/mol. The van der Waals surface area contributed by atoms with Crippen LogP contribution in [-0.2, 0) is 30.1 Å². The molecule has 0 bridgehead atoms. The van der Waals surface area contributed by atoms with Crippen molar-refractivity contribution in [2.24, 2.45) is 0 Å². The van der Waals surface area contributed by atoms with Crippen LogP contribution in [0.15, 0.2) is 0 Å². The van der Waals surface area contributed by atoms with E-state index in [1.807, 2.05) is 0 Å². The normalized spacial score (nSPS) is 24.1. The molecule has 1 aliphatic heterocycles. The first-order valence-corrected chi connectivity index (χ1v) is 37.3. The third-order valence-corrected chi connectivity index (χ3v) is 118. The van der Waals surface area contributed by atoms with Gasteiger partial charge in [0.15, 0.2) is 0 Å². The van der Waals surface area contributed by atoms with Crippen molar-refractivity contribution in [1.82, 2.24) is 2.25 Å². The summed E-state index contributed by atoms with van der Waals surface area (Å²) in [6.45, 7) is 0. The van der Waals surface area contributed by atoms with Crippen LogP contribution in [0, 0.1) is 0 Å². The molecular weight excluding hydrogens is 869 g/mol. The standard InChI is InChI=1S/3CF3NO2S.6CH3.3Sn/c3*2-1(3,4)8(5,6)7;;;;;;;;;/h;;;6*1H3;;;. The summed E-state index contributed by atoms with van der Waals surface area (Å²) in [5.41, 5.74) is -18.8. The van der Waals surface area contributed by atoms with Crippen LogP contribution < -0.4 is 0 Å². The Morgan fingerprint density at radius 3 is 0.636 bits per heavy atom. The molecule has 0 unspecified atom stereocenters. The van der Waals surface area contributed by atoms with Gasteiger partial charge in [0.1, 0.15) is 0 Å². The fraction of sp³-hybridized carbons (Fsp3) is 1.00. The fourth-order valence-corrected chi connectivity index (χ4v) is 174. The maximum atomic E-state index is 13.5. The first kappa shape index (κ1) is 32.5. The summed E-state index contributed by atoms with van der Waals surface area (Å²) in [4.78, 5) is 3.31. The van der Waals surface area contributed by atoms with Gasteiger partial charge < -0.3 is 0 Å². The van der Waals surface area contributed by atoms with E-state index in [0.29, 0.717) is 29.6 Å². The van der Waals surface area contributed by atoms with E-state index in [9.17, 15) is 64.8 Å². The number of nitrogens with zero attached hydrogens (tertiary/aromatic N) is 3. The number of hydrogen-bond acceptors (Lipinski definition) is 6. The minimum absolute atomic E-state index is 0.552. The Bertz CT molecular complexity index is 969. The summed E-state index contributed by atoms with van der Waals surface area (Å²) >= 11 is -18.7. The topological polar surface area (TPSA) is 112 Å². The van der Waals surface area contributed by atoms with Gasteiger partial charge in [0.25, 0.3) is 0 Å². The van der Waals surface area contributed by atoms with Gasteiger partial charge in [-0.05, 0) is 0 Å². The van der Waals surface area contributed by atoms with Gasteiger partial charge >= 0.3 is 200 Å². The number of alkyl halides is 9. The van der Waals surface area contributed by atoms with E-state index >= 15 is 0 Å². The molecule has 0 N–H and O–H groups in total. The third kappa shape index (κ3) is 4.88. The molecular formula is C9H18F9N3O6S3Sn3. The van der Waals surface area contributed by atoms with E-state index in [0.717, 1.165) is 0 Å². The van der Waals surface area contributed by atoms with Crippen LogP contribution in [0.1, 0.15) is 0 Å². The third-order valence-electron chi connectivity index (χ3n) is 4.58. The molecule has 0 aromatic carbocycles. The van der Waals surface area contributed by atoms with Crippen molar-refractivity contribution in [2.45, 2.75) is 46.2 Å². The number of sulfonamides is 3. The van der Waals surface area contributed by atoms with Crippen LogP contribution in [0.25, 0.3) is 0 Å². The van der Waals surface area contributed by atoms with Crippen molar-refractivity contribution in [2.75, 3.05) is 0 Å². The Balaban J connectivity index is 4.42. The van der Waals surface area contributed by atoms with E-state index in [2.05, 4.69) is 0 Å². The van der Waals surface area contributed by atoms with Gasteiger partial charge in [0.2, 0.25) is 0 Å². The molecule has 1 heterocycles. The SMILES string of the molecule is [CH3][Sn]1([CH3])[N](S(=O)(=O)C(F)(F)F)[Sn]([CH3])([CH3])[N](S(=O)(=O)C(F)(F)F)[Sn]([CH3])([CH3])[N]1S(=O)(=O)C(F)(F)F. The molecule has 0 aromatic rings. The van der Waals surface area contributed by atoms with Crippen LogP contribution in [0.4, 0.5) is 39.5 Å². The zero-order valence-corrected chi connectivity index (χ0v) is 28.4. The Morgan fingerprint density at radius 1 is 0.424 bits per heavy atom. The molecule has 0 aliphatic carbocycles. The molecule has 0 saturated carbocycles. The van der Waals surface area contributed by atoms with Crippen molar-refractivity contribution >= 4 is 86.8 Å². The summed E-state index contributed by atoms with van der Waals surface area (Å²) in [6.07, 6.45) is 0. The molecule has 1 fully saturated rings. The van der Waals surface area contributed by atoms with Crippen LogP contribution in [0.5, 0.6) is 0 Å². The molecule has 0 amide bonds. The van der Waals surface area contributed by atoms with Crippen molar-refractivity contribution in [3.05, 3.63) is 0 Å². The monoisotopic (exact) mass is 891 g/mol. The zero-order valence-electron chi connectivity index (χ0n) is 17.4. The fourth-order valence-electron chi connectivity index (χ4n) is 4.33. The summed E-state index contributed by atoms with van der Waals surface area (Å²) in [6, 6.07) is 0. The molecule has 0 radical (unpaired) electrons. The first-order valence-electron chi connectivity index (χ1n) is 8.20. The molecule has 33 heavy (non-hydrogen) atoms. The Labute approximate surface area is 198 Å². The number of halogens is 9. The van der Waals surface area contributed by atoms with Crippen LogP contribution in [0.3, 0.4) is 0 Å². The van der Waals surface area contributed by atoms with E-state index in [1.54, 1.807) is 0 Å². The van der Waals surface area contributed by atoms with Gasteiger partial charge in [-0.1, -0.05) is 0 Å². The van der Waals surface area contributed by atoms with Crippen LogP contribution in [-0.4, -0.2) is 101 Å². The summed E-state index contributed by atoms with van der Waals surface area (Å²) in [5, 5.41) is 0. The molecule has 0 spiro atoms. The first-order chi connectivity index (χ1) is 13.8. The number of hydrogen-bond donors (Lipinski definition) is 0. The van der Waals surface area contributed by atoms with Gasteiger partial charge in [-0.3, -0.25) is 0 Å². The van der Waals surface area contributed by atoms with Gasteiger partial charge in [-0.15, -0.1) is 0 Å². The van der Waals surface area contributed by atoms with Crippen molar-refractivity contribution in [1.29, 1.82) is 0 Å². The second-order valence-electron chi connectivity index (χ2n) is 8.13. The van der Waals surface area contributed by atoms with E-state index in [4.69, 9.17) is 0 Å². The van der Waals surface area contributed by atoms with Crippen LogP contribution >= 0.6 is 0 Å². The number of rotatable bonds is 3. The molecule has 1 aliphatic rings. The Kier molecular flexibility index (Phi) is 8.38.